The van der Waals surface area contributed by atoms with Crippen LogP contribution in [-0.2, 0) is 0 Å². The molecule has 0 heterocycles. The molecular formula is C16H25NO. The highest BCUT2D eigenvalue weighted by Crippen LogP contribution is 2.25. The van der Waals surface area contributed by atoms with Crippen LogP contribution < -0.4 is 5.32 Å². The molecule has 0 saturated heterocycles. The molecule has 1 aliphatic rings. The van der Waals surface area contributed by atoms with Crippen molar-refractivity contribution in [2.45, 2.75) is 52.2 Å². The van der Waals surface area contributed by atoms with Gasteiger partial charge in [-0.05, 0) is 45.1 Å². The molecular weight excluding hydrogens is 222 g/mol. The Bertz CT molecular complexity index is 382. The first kappa shape index (κ1) is 13.6. The minimum Gasteiger partial charge on any atom is -0.393 e. The van der Waals surface area contributed by atoms with E-state index in [4.69, 9.17) is 0 Å². The van der Waals surface area contributed by atoms with Gasteiger partial charge in [-0.2, -0.15) is 0 Å². The second kappa shape index (κ2) is 5.85. The number of hydrogen-bond acceptors (Lipinski definition) is 2. The molecule has 0 bridgehead atoms. The predicted molar refractivity (Wildman–Crippen MR) is 75.7 cm³/mol. The summed E-state index contributed by atoms with van der Waals surface area (Å²) >= 11 is 0. The Morgan fingerprint density at radius 3 is 2.44 bits per heavy atom. The largest absolute Gasteiger partial charge is 0.393 e. The summed E-state index contributed by atoms with van der Waals surface area (Å²) in [4.78, 5) is 0. The molecule has 0 radical (unpaired) electrons. The fraction of sp³-hybridized carbons (Fsp3) is 0.625. The Labute approximate surface area is 110 Å². The maximum atomic E-state index is 9.82. The van der Waals surface area contributed by atoms with Gasteiger partial charge in [0.1, 0.15) is 0 Å². The lowest BCUT2D eigenvalue weighted by molar-refractivity contribution is 0.130. The Morgan fingerprint density at radius 1 is 1.22 bits per heavy atom. The first-order chi connectivity index (χ1) is 8.56. The summed E-state index contributed by atoms with van der Waals surface area (Å²) in [5.41, 5.74) is 3.99. The van der Waals surface area contributed by atoms with E-state index in [9.17, 15) is 5.11 Å². The molecule has 2 rings (SSSR count). The molecule has 0 aromatic heterocycles. The maximum Gasteiger partial charge on any atom is 0.0580 e. The summed E-state index contributed by atoms with van der Waals surface area (Å²) in [7, 11) is 0. The van der Waals surface area contributed by atoms with E-state index in [2.05, 4.69) is 44.3 Å². The smallest absolute Gasteiger partial charge is 0.0580 e. The number of aliphatic hydroxyl groups is 1. The maximum absolute atomic E-state index is 9.82. The minimum atomic E-state index is -0.0936. The number of rotatable bonds is 4. The summed E-state index contributed by atoms with van der Waals surface area (Å²) in [6, 6.07) is 7.05. The Kier molecular flexibility index (Phi) is 4.41. The topological polar surface area (TPSA) is 32.3 Å². The Morgan fingerprint density at radius 2 is 1.89 bits per heavy atom. The van der Waals surface area contributed by atoms with E-state index in [1.807, 2.05) is 0 Å². The first-order valence-corrected chi connectivity index (χ1v) is 7.06. The predicted octanol–water partition coefficient (Wildman–Crippen LogP) is 3.12. The summed E-state index contributed by atoms with van der Waals surface area (Å²) in [5.74, 6) is 0.443. The third kappa shape index (κ3) is 3.33. The zero-order valence-electron chi connectivity index (χ0n) is 11.7. The fourth-order valence-corrected chi connectivity index (χ4v) is 2.96. The monoisotopic (exact) mass is 247 g/mol. The number of hydrogen-bond donors (Lipinski definition) is 2. The average Bonchev–Trinajstić information content (AvgIpc) is 2.70. The van der Waals surface area contributed by atoms with Gasteiger partial charge >= 0.3 is 0 Å². The van der Waals surface area contributed by atoms with Crippen molar-refractivity contribution < 1.29 is 5.11 Å². The van der Waals surface area contributed by atoms with Crippen molar-refractivity contribution in [2.75, 3.05) is 6.54 Å². The van der Waals surface area contributed by atoms with Crippen molar-refractivity contribution in [3.8, 4) is 0 Å². The lowest BCUT2D eigenvalue weighted by atomic mass is 10.0. The van der Waals surface area contributed by atoms with Gasteiger partial charge in [0.2, 0.25) is 0 Å². The van der Waals surface area contributed by atoms with E-state index in [0.717, 1.165) is 19.4 Å². The Balaban J connectivity index is 1.92. The zero-order chi connectivity index (χ0) is 13.1. The molecule has 2 N–H and O–H groups in total. The lowest BCUT2D eigenvalue weighted by Gasteiger charge is -2.20. The van der Waals surface area contributed by atoms with Gasteiger partial charge < -0.3 is 10.4 Å². The van der Waals surface area contributed by atoms with Gasteiger partial charge in [0.05, 0.1) is 6.10 Å². The molecule has 3 atom stereocenters. The SMILES string of the molecule is Cc1cc(C)cc(C(C)NCC2CCCC2O)c1. The quantitative estimate of drug-likeness (QED) is 0.857. The highest BCUT2D eigenvalue weighted by Gasteiger charge is 2.25. The molecule has 2 nitrogen and oxygen atoms in total. The van der Waals surface area contributed by atoms with Crippen LogP contribution in [0.3, 0.4) is 0 Å². The summed E-state index contributed by atoms with van der Waals surface area (Å²) in [5, 5.41) is 13.4. The summed E-state index contributed by atoms with van der Waals surface area (Å²) in [6.07, 6.45) is 3.22. The van der Waals surface area contributed by atoms with Crippen LogP contribution in [-0.4, -0.2) is 17.8 Å². The summed E-state index contributed by atoms with van der Waals surface area (Å²) < 4.78 is 0. The van der Waals surface area contributed by atoms with Crippen molar-refractivity contribution in [3.63, 3.8) is 0 Å². The average molecular weight is 247 g/mol. The van der Waals surface area contributed by atoms with E-state index in [1.54, 1.807) is 0 Å². The van der Waals surface area contributed by atoms with Crippen LogP contribution >= 0.6 is 0 Å². The molecule has 1 aliphatic carbocycles. The van der Waals surface area contributed by atoms with E-state index in [1.165, 1.54) is 23.1 Å². The second-order valence-electron chi connectivity index (χ2n) is 5.81. The van der Waals surface area contributed by atoms with Crippen molar-refractivity contribution in [2.24, 2.45) is 5.92 Å². The number of nitrogens with one attached hydrogen (secondary N) is 1. The fourth-order valence-electron chi connectivity index (χ4n) is 2.96. The Hall–Kier alpha value is -0.860. The molecule has 18 heavy (non-hydrogen) atoms. The summed E-state index contributed by atoms with van der Waals surface area (Å²) in [6.45, 7) is 7.42. The highest BCUT2D eigenvalue weighted by atomic mass is 16.3. The van der Waals surface area contributed by atoms with Gasteiger partial charge in [-0.1, -0.05) is 35.7 Å². The number of aryl methyl sites for hydroxylation is 2. The van der Waals surface area contributed by atoms with Gasteiger partial charge in [-0.15, -0.1) is 0 Å². The molecule has 2 heteroatoms. The van der Waals surface area contributed by atoms with Gasteiger partial charge in [-0.25, -0.2) is 0 Å². The van der Waals surface area contributed by atoms with Gasteiger partial charge in [0, 0.05) is 12.6 Å². The van der Waals surface area contributed by atoms with Crippen molar-refractivity contribution in [3.05, 3.63) is 34.9 Å². The van der Waals surface area contributed by atoms with Crippen molar-refractivity contribution >= 4 is 0 Å². The molecule has 3 unspecified atom stereocenters. The number of benzene rings is 1. The second-order valence-corrected chi connectivity index (χ2v) is 5.81. The third-order valence-corrected chi connectivity index (χ3v) is 4.05. The van der Waals surface area contributed by atoms with Gasteiger partial charge in [0.25, 0.3) is 0 Å². The molecule has 1 saturated carbocycles. The van der Waals surface area contributed by atoms with Crippen molar-refractivity contribution in [1.29, 1.82) is 0 Å². The van der Waals surface area contributed by atoms with Crippen LogP contribution in [0.4, 0.5) is 0 Å². The highest BCUT2D eigenvalue weighted by molar-refractivity contribution is 5.30. The van der Waals surface area contributed by atoms with Crippen LogP contribution in [0.2, 0.25) is 0 Å². The standard InChI is InChI=1S/C16H25NO/c1-11-7-12(2)9-15(8-11)13(3)17-10-14-5-4-6-16(14)18/h7-9,13-14,16-18H,4-6,10H2,1-3H3. The molecule has 1 aromatic rings. The van der Waals surface area contributed by atoms with E-state index >= 15 is 0 Å². The molecule has 0 spiro atoms. The number of aliphatic hydroxyl groups excluding tert-OH is 1. The van der Waals surface area contributed by atoms with Crippen LogP contribution in [0.25, 0.3) is 0 Å². The van der Waals surface area contributed by atoms with Crippen LogP contribution in [0, 0.1) is 19.8 Å². The van der Waals surface area contributed by atoms with E-state index in [-0.39, 0.29) is 6.10 Å². The molecule has 100 valence electrons. The van der Waals surface area contributed by atoms with Gasteiger partial charge in [-0.3, -0.25) is 0 Å². The normalized spacial score (nSPS) is 25.3. The first-order valence-electron chi connectivity index (χ1n) is 7.06. The van der Waals surface area contributed by atoms with Crippen molar-refractivity contribution in [1.82, 2.24) is 5.32 Å². The van der Waals surface area contributed by atoms with Crippen LogP contribution in [0.5, 0.6) is 0 Å². The van der Waals surface area contributed by atoms with E-state index in [0.29, 0.717) is 12.0 Å². The molecule has 0 aliphatic heterocycles. The molecule has 0 amide bonds. The molecule has 1 fully saturated rings. The minimum absolute atomic E-state index is 0.0936. The van der Waals surface area contributed by atoms with Crippen LogP contribution in [0.15, 0.2) is 18.2 Å². The molecule has 1 aromatic carbocycles. The lowest BCUT2D eigenvalue weighted by Crippen LogP contribution is -2.29. The third-order valence-electron chi connectivity index (χ3n) is 4.05. The van der Waals surface area contributed by atoms with Gasteiger partial charge in [0.15, 0.2) is 0 Å². The zero-order valence-corrected chi connectivity index (χ0v) is 11.7. The van der Waals surface area contributed by atoms with Crippen LogP contribution in [0.1, 0.15) is 48.9 Å². The van der Waals surface area contributed by atoms with E-state index < -0.39 is 0 Å².